The molecule has 7 heteroatoms. The number of aliphatic hydroxyl groups excluding tert-OH is 1. The number of amides is 1. The van der Waals surface area contributed by atoms with Crippen molar-refractivity contribution in [1.82, 2.24) is 15.2 Å². The van der Waals surface area contributed by atoms with E-state index in [1.54, 1.807) is 16.8 Å². The number of hydrogen-bond acceptors (Lipinski definition) is 5. The highest BCUT2D eigenvalue weighted by Gasteiger charge is 2.42. The van der Waals surface area contributed by atoms with Crippen LogP contribution < -0.4 is 20.9 Å². The third kappa shape index (κ3) is 7.53. The summed E-state index contributed by atoms with van der Waals surface area (Å²) in [6.07, 6.45) is 14.2. The summed E-state index contributed by atoms with van der Waals surface area (Å²) in [6.45, 7) is 2.49. The topological polar surface area (TPSA) is 92.6 Å². The summed E-state index contributed by atoms with van der Waals surface area (Å²) < 4.78 is 8.45. The van der Waals surface area contributed by atoms with Crippen molar-refractivity contribution in [1.29, 1.82) is 0 Å². The lowest BCUT2D eigenvalue weighted by Crippen LogP contribution is -2.51. The van der Waals surface area contributed by atoms with Crippen LogP contribution >= 0.6 is 0 Å². The largest absolute Gasteiger partial charge is 0.487 e. The van der Waals surface area contributed by atoms with Gasteiger partial charge in [-0.15, -0.1) is 0 Å². The molecular formula is C38H49N3O4. The fourth-order valence-corrected chi connectivity index (χ4v) is 7.72. The maximum atomic E-state index is 13.7. The normalized spacial score (nSPS) is 21.0. The number of aromatic nitrogens is 1. The number of nitrogens with zero attached hydrogens (tertiary/aromatic N) is 1. The second kappa shape index (κ2) is 14.3. The van der Waals surface area contributed by atoms with E-state index < -0.39 is 12.1 Å². The summed E-state index contributed by atoms with van der Waals surface area (Å²) in [4.78, 5) is 26.4. The first-order valence-corrected chi connectivity index (χ1v) is 17.2. The minimum atomic E-state index is -0.832. The van der Waals surface area contributed by atoms with Gasteiger partial charge in [0.2, 0.25) is 0 Å². The third-order valence-corrected chi connectivity index (χ3v) is 10.3. The fourth-order valence-electron chi connectivity index (χ4n) is 7.72. The lowest BCUT2D eigenvalue weighted by atomic mass is 9.76. The predicted octanol–water partition coefficient (Wildman–Crippen LogP) is 6.43. The number of fused-ring (bicyclic) bond motifs is 1. The van der Waals surface area contributed by atoms with Crippen LogP contribution in [0.3, 0.4) is 0 Å². The van der Waals surface area contributed by atoms with Crippen LogP contribution in [0.4, 0.5) is 0 Å². The Morgan fingerprint density at radius 3 is 2.49 bits per heavy atom. The van der Waals surface area contributed by atoms with Gasteiger partial charge in [-0.2, -0.15) is 0 Å². The molecule has 0 radical (unpaired) electrons. The van der Waals surface area contributed by atoms with Gasteiger partial charge in [0.15, 0.2) is 0 Å². The minimum absolute atomic E-state index is 0.0557. The van der Waals surface area contributed by atoms with Crippen molar-refractivity contribution in [2.24, 2.45) is 0 Å². The standard InChI is InChI=1S/C38H49N3O4/c1-2-27-16-18-35-31(22-27)33(24-38(45-35)20-10-5-11-21-38)39-25-34(42)32(23-28-12-6-3-7-13-28)40-37(44)29-17-19-36(43)41(26-29)30-14-8-4-9-15-30/h3,6-7,12-13,16-19,22,26,30,32-34,39,42H,2,4-5,8-11,14-15,20-21,23-25H2,1H3,(H,40,44)/t32-,33-,34+/m0/s1. The molecule has 2 aromatic carbocycles. The molecule has 7 nitrogen and oxygen atoms in total. The van der Waals surface area contributed by atoms with E-state index in [9.17, 15) is 14.7 Å². The Bertz CT molecular complexity index is 1490. The first-order valence-electron chi connectivity index (χ1n) is 17.2. The first kappa shape index (κ1) is 31.6. The number of carbonyl (C=O) groups is 1. The molecule has 0 bridgehead atoms. The van der Waals surface area contributed by atoms with Crippen LogP contribution in [-0.4, -0.2) is 39.9 Å². The number of aliphatic hydroxyl groups is 1. The summed E-state index contributed by atoms with van der Waals surface area (Å²) in [5, 5.41) is 18.5. The van der Waals surface area contributed by atoms with Gasteiger partial charge >= 0.3 is 0 Å². The number of carbonyl (C=O) groups excluding carboxylic acids is 1. The Kier molecular flexibility index (Phi) is 10.1. The van der Waals surface area contributed by atoms with Crippen LogP contribution in [0, 0.1) is 0 Å². The van der Waals surface area contributed by atoms with E-state index in [2.05, 4.69) is 35.8 Å². The van der Waals surface area contributed by atoms with Crippen molar-refractivity contribution in [3.63, 3.8) is 0 Å². The van der Waals surface area contributed by atoms with Crippen LogP contribution in [0.25, 0.3) is 0 Å². The van der Waals surface area contributed by atoms with Crippen LogP contribution in [0.15, 0.2) is 71.7 Å². The molecule has 2 aliphatic carbocycles. The van der Waals surface area contributed by atoms with Gasteiger partial charge in [0.05, 0.1) is 17.7 Å². The van der Waals surface area contributed by atoms with Crippen molar-refractivity contribution in [3.05, 3.63) is 99.5 Å². The van der Waals surface area contributed by atoms with Gasteiger partial charge in [0.25, 0.3) is 11.5 Å². The Hall–Kier alpha value is -3.42. The second-order valence-corrected chi connectivity index (χ2v) is 13.5. The fraction of sp³-hybridized carbons (Fsp3) is 0.526. The average molecular weight is 612 g/mol. The molecule has 6 rings (SSSR count). The molecule has 240 valence electrons. The van der Waals surface area contributed by atoms with Gasteiger partial charge in [-0.3, -0.25) is 9.59 Å². The van der Waals surface area contributed by atoms with E-state index in [1.807, 2.05) is 30.3 Å². The molecule has 3 N–H and O–H groups in total. The summed E-state index contributed by atoms with van der Waals surface area (Å²) in [5.41, 5.74) is 3.68. The molecule has 3 atom stereocenters. The molecule has 1 aromatic heterocycles. The van der Waals surface area contributed by atoms with Crippen molar-refractivity contribution in [3.8, 4) is 5.75 Å². The van der Waals surface area contributed by atoms with E-state index in [-0.39, 0.29) is 29.2 Å². The van der Waals surface area contributed by atoms with Gasteiger partial charge < -0.3 is 25.0 Å². The summed E-state index contributed by atoms with van der Waals surface area (Å²) in [6, 6.07) is 19.3. The van der Waals surface area contributed by atoms with Crippen LogP contribution in [0.5, 0.6) is 5.75 Å². The minimum Gasteiger partial charge on any atom is -0.487 e. The number of benzene rings is 2. The Labute approximate surface area is 267 Å². The van der Waals surface area contributed by atoms with Gasteiger partial charge in [-0.1, -0.05) is 75.1 Å². The zero-order chi connectivity index (χ0) is 31.2. The smallest absolute Gasteiger partial charge is 0.253 e. The van der Waals surface area contributed by atoms with Crippen LogP contribution in [-0.2, 0) is 12.8 Å². The lowest BCUT2D eigenvalue weighted by Gasteiger charge is -2.45. The number of nitrogens with one attached hydrogen (secondary N) is 2. The number of rotatable bonds is 10. The third-order valence-electron chi connectivity index (χ3n) is 10.3. The summed E-state index contributed by atoms with van der Waals surface area (Å²) in [5.74, 6) is 0.680. The molecule has 2 fully saturated rings. The molecule has 1 spiro atoms. The molecule has 0 saturated heterocycles. The maximum Gasteiger partial charge on any atom is 0.253 e. The molecule has 3 aliphatic rings. The Morgan fingerprint density at radius 1 is 0.978 bits per heavy atom. The highest BCUT2D eigenvalue weighted by atomic mass is 16.5. The van der Waals surface area contributed by atoms with E-state index in [0.29, 0.717) is 18.5 Å². The highest BCUT2D eigenvalue weighted by Crippen LogP contribution is 2.46. The quantitative estimate of drug-likeness (QED) is 0.246. The SMILES string of the molecule is CCc1ccc2c(c1)[C@@H](NC[C@@H](O)[C@H](Cc1ccccc1)NC(=O)c1ccc(=O)n(C3CCCCC3)c1)CC1(CCCCC1)O2. The Balaban J connectivity index is 1.20. The zero-order valence-corrected chi connectivity index (χ0v) is 26.7. The van der Waals surface area contributed by atoms with Gasteiger partial charge in [-0.25, -0.2) is 0 Å². The number of ether oxygens (including phenoxy) is 1. The van der Waals surface area contributed by atoms with E-state index >= 15 is 0 Å². The number of aryl methyl sites for hydroxylation is 1. The monoisotopic (exact) mass is 611 g/mol. The molecule has 1 aliphatic heterocycles. The van der Waals surface area contributed by atoms with Crippen molar-refractivity contribution in [2.75, 3.05) is 6.54 Å². The molecule has 2 heterocycles. The van der Waals surface area contributed by atoms with E-state index in [0.717, 1.165) is 68.2 Å². The average Bonchev–Trinajstić information content (AvgIpc) is 3.08. The second-order valence-electron chi connectivity index (χ2n) is 13.5. The molecule has 1 amide bonds. The highest BCUT2D eigenvalue weighted by molar-refractivity contribution is 5.94. The molecule has 0 unspecified atom stereocenters. The van der Waals surface area contributed by atoms with Crippen LogP contribution in [0.2, 0.25) is 0 Å². The first-order chi connectivity index (χ1) is 21.9. The molecular weight excluding hydrogens is 562 g/mol. The molecule has 2 saturated carbocycles. The van der Waals surface area contributed by atoms with Crippen molar-refractivity contribution < 1.29 is 14.6 Å². The van der Waals surface area contributed by atoms with E-state index in [4.69, 9.17) is 4.74 Å². The van der Waals surface area contributed by atoms with Gasteiger partial charge in [-0.05, 0) is 74.6 Å². The Morgan fingerprint density at radius 2 is 1.73 bits per heavy atom. The number of pyridine rings is 1. The molecule has 45 heavy (non-hydrogen) atoms. The summed E-state index contributed by atoms with van der Waals surface area (Å²) >= 11 is 0. The maximum absolute atomic E-state index is 13.7. The molecule has 3 aromatic rings. The van der Waals surface area contributed by atoms with Crippen molar-refractivity contribution >= 4 is 5.91 Å². The zero-order valence-electron chi connectivity index (χ0n) is 26.7. The van der Waals surface area contributed by atoms with Gasteiger partial charge in [0, 0.05) is 42.9 Å². The van der Waals surface area contributed by atoms with Crippen LogP contribution in [0.1, 0.15) is 117 Å². The van der Waals surface area contributed by atoms with E-state index in [1.165, 1.54) is 37.3 Å². The summed E-state index contributed by atoms with van der Waals surface area (Å²) in [7, 11) is 0. The van der Waals surface area contributed by atoms with Crippen molar-refractivity contribution in [2.45, 2.75) is 120 Å². The predicted molar refractivity (Wildman–Crippen MR) is 178 cm³/mol. The lowest BCUT2D eigenvalue weighted by molar-refractivity contribution is -0.00473. The number of hydrogen-bond donors (Lipinski definition) is 3. The van der Waals surface area contributed by atoms with Gasteiger partial charge in [0.1, 0.15) is 11.4 Å².